The lowest BCUT2D eigenvalue weighted by atomic mass is 10.0. The number of rotatable bonds is 3. The summed E-state index contributed by atoms with van der Waals surface area (Å²) in [5, 5.41) is 5.73. The van der Waals surface area contributed by atoms with Crippen molar-refractivity contribution in [1.82, 2.24) is 10.6 Å². The minimum atomic E-state index is -0.243. The SMILES string of the molecule is CSc1ccc(C2=C3C(=O)NC(c4ccc(C)cc4)=C3C(=O)N2)cc1. The van der Waals surface area contributed by atoms with Gasteiger partial charge in [0, 0.05) is 4.90 Å². The van der Waals surface area contributed by atoms with E-state index in [1.165, 1.54) is 0 Å². The Labute approximate surface area is 150 Å². The molecule has 2 aliphatic heterocycles. The van der Waals surface area contributed by atoms with Crippen LogP contribution in [-0.2, 0) is 9.59 Å². The zero-order valence-electron chi connectivity index (χ0n) is 13.8. The first-order valence-corrected chi connectivity index (χ1v) is 9.14. The van der Waals surface area contributed by atoms with Crippen LogP contribution in [0.4, 0.5) is 0 Å². The fourth-order valence-corrected chi connectivity index (χ4v) is 3.50. The van der Waals surface area contributed by atoms with Crippen LogP contribution in [0.5, 0.6) is 0 Å². The molecule has 5 heteroatoms. The Bertz CT molecular complexity index is 954. The summed E-state index contributed by atoms with van der Waals surface area (Å²) >= 11 is 1.65. The Morgan fingerprint density at radius 2 is 1.16 bits per heavy atom. The average molecular weight is 348 g/mol. The topological polar surface area (TPSA) is 58.2 Å². The molecule has 2 amide bonds. The fraction of sp³-hybridized carbons (Fsp3) is 0.100. The highest BCUT2D eigenvalue weighted by Crippen LogP contribution is 2.37. The molecule has 124 valence electrons. The van der Waals surface area contributed by atoms with Crippen molar-refractivity contribution in [2.24, 2.45) is 0 Å². The van der Waals surface area contributed by atoms with Crippen molar-refractivity contribution in [3.05, 3.63) is 76.4 Å². The Kier molecular flexibility index (Phi) is 3.73. The second kappa shape index (κ2) is 5.93. The van der Waals surface area contributed by atoms with E-state index in [1.54, 1.807) is 11.8 Å². The summed E-state index contributed by atoms with van der Waals surface area (Å²) in [6, 6.07) is 15.6. The van der Waals surface area contributed by atoms with Gasteiger partial charge in [0.05, 0.1) is 22.5 Å². The lowest BCUT2D eigenvalue weighted by Gasteiger charge is -2.08. The number of aryl methyl sites for hydroxylation is 1. The first-order chi connectivity index (χ1) is 12.1. The molecule has 4 nitrogen and oxygen atoms in total. The number of nitrogens with one attached hydrogen (secondary N) is 2. The van der Waals surface area contributed by atoms with Gasteiger partial charge in [-0.2, -0.15) is 0 Å². The largest absolute Gasteiger partial charge is 0.321 e. The molecular formula is C20H16N2O2S. The number of benzene rings is 2. The molecule has 2 aromatic carbocycles. The number of amides is 2. The highest BCUT2D eigenvalue weighted by atomic mass is 32.2. The molecule has 0 atom stereocenters. The number of fused-ring (bicyclic) bond motifs is 1. The fourth-order valence-electron chi connectivity index (χ4n) is 3.09. The monoisotopic (exact) mass is 348 g/mol. The van der Waals surface area contributed by atoms with Crippen molar-refractivity contribution in [2.75, 3.05) is 6.26 Å². The maximum Gasteiger partial charge on any atom is 0.258 e. The highest BCUT2D eigenvalue weighted by molar-refractivity contribution is 7.98. The molecule has 2 aromatic rings. The molecule has 0 fully saturated rings. The molecule has 0 saturated heterocycles. The van der Waals surface area contributed by atoms with Crippen LogP contribution < -0.4 is 10.6 Å². The van der Waals surface area contributed by atoms with Crippen molar-refractivity contribution in [3.63, 3.8) is 0 Å². The number of hydrogen-bond acceptors (Lipinski definition) is 3. The highest BCUT2D eigenvalue weighted by Gasteiger charge is 2.40. The molecule has 25 heavy (non-hydrogen) atoms. The quantitative estimate of drug-likeness (QED) is 0.838. The Morgan fingerprint density at radius 3 is 1.60 bits per heavy atom. The minimum Gasteiger partial charge on any atom is -0.321 e. The predicted molar refractivity (Wildman–Crippen MR) is 99.5 cm³/mol. The molecule has 0 spiro atoms. The van der Waals surface area contributed by atoms with Crippen molar-refractivity contribution in [3.8, 4) is 0 Å². The molecule has 0 radical (unpaired) electrons. The van der Waals surface area contributed by atoms with Gasteiger partial charge in [0.2, 0.25) is 0 Å². The number of hydrogen-bond donors (Lipinski definition) is 2. The molecule has 0 unspecified atom stereocenters. The first kappa shape index (κ1) is 15.7. The van der Waals surface area contributed by atoms with E-state index in [1.807, 2.05) is 61.7 Å². The van der Waals surface area contributed by atoms with Gasteiger partial charge in [-0.15, -0.1) is 11.8 Å². The van der Waals surface area contributed by atoms with Gasteiger partial charge in [0.25, 0.3) is 11.8 Å². The van der Waals surface area contributed by atoms with E-state index in [-0.39, 0.29) is 11.8 Å². The van der Waals surface area contributed by atoms with Crippen molar-refractivity contribution in [2.45, 2.75) is 11.8 Å². The van der Waals surface area contributed by atoms with Crippen molar-refractivity contribution >= 4 is 35.0 Å². The zero-order valence-corrected chi connectivity index (χ0v) is 14.7. The maximum absolute atomic E-state index is 12.6. The van der Waals surface area contributed by atoms with Crippen molar-refractivity contribution < 1.29 is 9.59 Å². The summed E-state index contributed by atoms with van der Waals surface area (Å²) in [5.74, 6) is -0.485. The summed E-state index contributed by atoms with van der Waals surface area (Å²) in [6.07, 6.45) is 2.01. The normalized spacial score (nSPS) is 16.2. The molecule has 0 aromatic heterocycles. The molecular weight excluding hydrogens is 332 g/mol. The lowest BCUT2D eigenvalue weighted by Crippen LogP contribution is -2.21. The minimum absolute atomic E-state index is 0.243. The Hall–Kier alpha value is -2.79. The zero-order chi connectivity index (χ0) is 17.6. The molecule has 2 heterocycles. The molecule has 0 bridgehead atoms. The molecule has 0 saturated carbocycles. The third kappa shape index (κ3) is 2.57. The van der Waals surface area contributed by atoms with Crippen LogP contribution in [-0.4, -0.2) is 18.1 Å². The molecule has 2 N–H and O–H groups in total. The van der Waals surface area contributed by atoms with E-state index >= 15 is 0 Å². The van der Waals surface area contributed by atoms with E-state index in [9.17, 15) is 9.59 Å². The molecule has 4 rings (SSSR count). The van der Waals surface area contributed by atoms with Crippen LogP contribution in [0.15, 0.2) is 64.6 Å². The van der Waals surface area contributed by atoms with E-state index in [4.69, 9.17) is 0 Å². The molecule has 2 aliphatic rings. The maximum atomic E-state index is 12.6. The third-order valence-electron chi connectivity index (χ3n) is 4.40. The van der Waals surface area contributed by atoms with Gasteiger partial charge in [-0.1, -0.05) is 42.0 Å². The predicted octanol–water partition coefficient (Wildman–Crippen LogP) is 3.10. The van der Waals surface area contributed by atoms with E-state index in [0.29, 0.717) is 22.5 Å². The van der Waals surface area contributed by atoms with Gasteiger partial charge < -0.3 is 10.6 Å². The van der Waals surface area contributed by atoms with Crippen LogP contribution in [0.25, 0.3) is 11.4 Å². The van der Waals surface area contributed by atoms with Crippen LogP contribution in [0.3, 0.4) is 0 Å². The second-order valence-corrected chi connectivity index (χ2v) is 6.88. The summed E-state index contributed by atoms with van der Waals surface area (Å²) in [7, 11) is 0. The van der Waals surface area contributed by atoms with Crippen LogP contribution in [0.2, 0.25) is 0 Å². The second-order valence-electron chi connectivity index (χ2n) is 6.00. The van der Waals surface area contributed by atoms with E-state index < -0.39 is 0 Å². The molecule has 0 aliphatic carbocycles. The van der Waals surface area contributed by atoms with Gasteiger partial charge >= 0.3 is 0 Å². The van der Waals surface area contributed by atoms with Gasteiger partial charge in [-0.05, 0) is 36.4 Å². The van der Waals surface area contributed by atoms with Crippen LogP contribution in [0.1, 0.15) is 16.7 Å². The van der Waals surface area contributed by atoms with Crippen molar-refractivity contribution in [1.29, 1.82) is 0 Å². The van der Waals surface area contributed by atoms with Crippen LogP contribution >= 0.6 is 11.8 Å². The number of carbonyl (C=O) groups excluding carboxylic acids is 2. The number of carbonyl (C=O) groups is 2. The van der Waals surface area contributed by atoms with Gasteiger partial charge in [0.1, 0.15) is 0 Å². The summed E-state index contributed by atoms with van der Waals surface area (Å²) in [6.45, 7) is 2.00. The van der Waals surface area contributed by atoms with E-state index in [2.05, 4.69) is 10.6 Å². The standard InChI is InChI=1S/C20H16N2O2S/c1-11-3-5-12(6-4-11)17-15-16(20(24)21-17)18(22-19(15)23)13-7-9-14(25-2)10-8-13/h3-10H,1-2H3,(H,21,24)(H,22,23). The van der Waals surface area contributed by atoms with E-state index in [0.717, 1.165) is 21.6 Å². The van der Waals surface area contributed by atoms with Gasteiger partial charge in [-0.3, -0.25) is 9.59 Å². The third-order valence-corrected chi connectivity index (χ3v) is 5.14. The Balaban J connectivity index is 1.84. The smallest absolute Gasteiger partial charge is 0.258 e. The van der Waals surface area contributed by atoms with Crippen LogP contribution in [0, 0.1) is 6.92 Å². The first-order valence-electron chi connectivity index (χ1n) is 7.91. The summed E-state index contributed by atoms with van der Waals surface area (Å²) in [4.78, 5) is 26.2. The lowest BCUT2D eigenvalue weighted by molar-refractivity contribution is -0.117. The summed E-state index contributed by atoms with van der Waals surface area (Å²) < 4.78 is 0. The number of thioether (sulfide) groups is 1. The average Bonchev–Trinajstić information content (AvgIpc) is 3.15. The van der Waals surface area contributed by atoms with Gasteiger partial charge in [-0.25, -0.2) is 0 Å². The summed E-state index contributed by atoms with van der Waals surface area (Å²) in [5.41, 5.74) is 4.80. The Morgan fingerprint density at radius 1 is 0.720 bits per heavy atom. The van der Waals surface area contributed by atoms with Gasteiger partial charge in [0.15, 0.2) is 0 Å².